The van der Waals surface area contributed by atoms with Crippen LogP contribution in [-0.4, -0.2) is 13.1 Å². The van der Waals surface area contributed by atoms with Crippen LogP contribution in [0.15, 0.2) is 18.2 Å². The monoisotopic (exact) mass is 281 g/mol. The Labute approximate surface area is 120 Å². The van der Waals surface area contributed by atoms with Crippen molar-refractivity contribution in [2.24, 2.45) is 11.3 Å². The SMILES string of the molecule is CC(C)CNCC1(Cc2c(F)cccc2F)CCCC1. The first-order chi connectivity index (χ1) is 9.52. The van der Waals surface area contributed by atoms with Gasteiger partial charge in [-0.15, -0.1) is 0 Å². The fraction of sp³-hybridized carbons (Fsp3) is 0.647. The predicted molar refractivity (Wildman–Crippen MR) is 78.7 cm³/mol. The molecule has 1 nitrogen and oxygen atoms in total. The Kier molecular flexibility index (Phi) is 5.14. The molecular formula is C17H25F2N. The number of benzene rings is 1. The third-order valence-corrected chi connectivity index (χ3v) is 4.33. The molecule has 0 heterocycles. The highest BCUT2D eigenvalue weighted by Crippen LogP contribution is 2.41. The Morgan fingerprint density at radius 1 is 1.15 bits per heavy atom. The van der Waals surface area contributed by atoms with E-state index < -0.39 is 11.6 Å². The van der Waals surface area contributed by atoms with Crippen LogP contribution >= 0.6 is 0 Å². The molecule has 0 aliphatic heterocycles. The lowest BCUT2D eigenvalue weighted by Gasteiger charge is -2.30. The second kappa shape index (κ2) is 6.66. The standard InChI is InChI=1S/C17H25F2N/c1-13(2)11-20-12-17(8-3-4-9-17)10-14-15(18)6-5-7-16(14)19/h5-7,13,20H,3-4,8-12H2,1-2H3. The van der Waals surface area contributed by atoms with Gasteiger partial charge in [-0.25, -0.2) is 8.78 Å². The van der Waals surface area contributed by atoms with Crippen molar-refractivity contribution in [2.75, 3.05) is 13.1 Å². The predicted octanol–water partition coefficient (Wildman–Crippen LogP) is 4.31. The maximum atomic E-state index is 13.9. The maximum absolute atomic E-state index is 13.9. The van der Waals surface area contributed by atoms with Crippen molar-refractivity contribution < 1.29 is 8.78 Å². The first kappa shape index (κ1) is 15.4. The fourth-order valence-corrected chi connectivity index (χ4v) is 3.24. The van der Waals surface area contributed by atoms with E-state index in [1.807, 2.05) is 0 Å². The van der Waals surface area contributed by atoms with Crippen LogP contribution in [0, 0.1) is 23.0 Å². The summed E-state index contributed by atoms with van der Waals surface area (Å²) in [5.41, 5.74) is 0.290. The van der Waals surface area contributed by atoms with Crippen LogP contribution in [0.5, 0.6) is 0 Å². The molecule has 2 rings (SSSR count). The first-order valence-electron chi connectivity index (χ1n) is 7.66. The highest BCUT2D eigenvalue weighted by atomic mass is 19.1. The molecule has 1 aliphatic carbocycles. The molecule has 0 atom stereocenters. The van der Waals surface area contributed by atoms with Crippen molar-refractivity contribution in [3.63, 3.8) is 0 Å². The molecule has 0 radical (unpaired) electrons. The lowest BCUT2D eigenvalue weighted by atomic mass is 9.79. The molecule has 1 N–H and O–H groups in total. The Balaban J connectivity index is 2.09. The van der Waals surface area contributed by atoms with Crippen LogP contribution in [0.2, 0.25) is 0 Å². The van der Waals surface area contributed by atoms with E-state index in [1.165, 1.54) is 31.0 Å². The molecule has 1 fully saturated rings. The van der Waals surface area contributed by atoms with E-state index in [1.54, 1.807) is 0 Å². The molecule has 1 saturated carbocycles. The van der Waals surface area contributed by atoms with Crippen molar-refractivity contribution in [3.8, 4) is 0 Å². The second-order valence-corrected chi connectivity index (χ2v) is 6.61. The van der Waals surface area contributed by atoms with Gasteiger partial charge in [0, 0.05) is 12.1 Å². The summed E-state index contributed by atoms with van der Waals surface area (Å²) in [4.78, 5) is 0. The normalized spacial score (nSPS) is 17.9. The second-order valence-electron chi connectivity index (χ2n) is 6.61. The summed E-state index contributed by atoms with van der Waals surface area (Å²) in [6, 6.07) is 4.16. The molecule has 112 valence electrons. The van der Waals surface area contributed by atoms with Gasteiger partial charge in [-0.3, -0.25) is 0 Å². The highest BCUT2D eigenvalue weighted by Gasteiger charge is 2.35. The highest BCUT2D eigenvalue weighted by molar-refractivity contribution is 5.21. The molecule has 1 aromatic rings. The van der Waals surface area contributed by atoms with Crippen LogP contribution in [0.4, 0.5) is 8.78 Å². The molecule has 1 aliphatic rings. The molecule has 1 aromatic carbocycles. The van der Waals surface area contributed by atoms with Gasteiger partial charge in [0.1, 0.15) is 11.6 Å². The molecular weight excluding hydrogens is 256 g/mol. The van der Waals surface area contributed by atoms with Gasteiger partial charge in [-0.2, -0.15) is 0 Å². The minimum atomic E-state index is -0.403. The minimum absolute atomic E-state index is 0.0257. The molecule has 0 bridgehead atoms. The van der Waals surface area contributed by atoms with E-state index in [4.69, 9.17) is 0 Å². The van der Waals surface area contributed by atoms with Gasteiger partial charge in [0.15, 0.2) is 0 Å². The van der Waals surface area contributed by atoms with E-state index in [-0.39, 0.29) is 11.0 Å². The van der Waals surface area contributed by atoms with Crippen molar-refractivity contribution in [3.05, 3.63) is 35.4 Å². The summed E-state index contributed by atoms with van der Waals surface area (Å²) in [6.07, 6.45) is 4.97. The third-order valence-electron chi connectivity index (χ3n) is 4.33. The van der Waals surface area contributed by atoms with Crippen LogP contribution in [-0.2, 0) is 6.42 Å². The Bertz CT molecular complexity index is 416. The zero-order valence-corrected chi connectivity index (χ0v) is 12.5. The smallest absolute Gasteiger partial charge is 0.129 e. The third kappa shape index (κ3) is 3.78. The van der Waals surface area contributed by atoms with E-state index in [0.717, 1.165) is 25.9 Å². The van der Waals surface area contributed by atoms with E-state index in [9.17, 15) is 8.78 Å². The Morgan fingerprint density at radius 2 is 1.75 bits per heavy atom. The van der Waals surface area contributed by atoms with Crippen LogP contribution < -0.4 is 5.32 Å². The van der Waals surface area contributed by atoms with Gasteiger partial charge >= 0.3 is 0 Å². The number of halogens is 2. The molecule has 0 spiro atoms. The molecule has 0 unspecified atom stereocenters. The van der Waals surface area contributed by atoms with E-state index in [2.05, 4.69) is 19.2 Å². The van der Waals surface area contributed by atoms with Gasteiger partial charge in [-0.1, -0.05) is 32.8 Å². The van der Waals surface area contributed by atoms with E-state index >= 15 is 0 Å². The van der Waals surface area contributed by atoms with Crippen LogP contribution in [0.3, 0.4) is 0 Å². The maximum Gasteiger partial charge on any atom is 0.129 e. The summed E-state index contributed by atoms with van der Waals surface area (Å²) in [5.74, 6) is -0.209. The Hall–Kier alpha value is -0.960. The number of hydrogen-bond donors (Lipinski definition) is 1. The van der Waals surface area contributed by atoms with Crippen molar-refractivity contribution in [1.82, 2.24) is 5.32 Å². The summed E-state index contributed by atoms with van der Waals surface area (Å²) in [6.45, 7) is 6.16. The summed E-state index contributed by atoms with van der Waals surface area (Å²) in [5, 5.41) is 3.48. The quantitative estimate of drug-likeness (QED) is 0.819. The summed E-state index contributed by atoms with van der Waals surface area (Å²) >= 11 is 0. The molecule has 3 heteroatoms. The summed E-state index contributed by atoms with van der Waals surface area (Å²) < 4.78 is 27.7. The molecule has 0 saturated heterocycles. The first-order valence-corrected chi connectivity index (χ1v) is 7.66. The fourth-order valence-electron chi connectivity index (χ4n) is 3.24. The molecule has 0 aromatic heterocycles. The van der Waals surface area contributed by atoms with Crippen molar-refractivity contribution >= 4 is 0 Å². The molecule has 0 amide bonds. The van der Waals surface area contributed by atoms with Gasteiger partial charge in [0.2, 0.25) is 0 Å². The zero-order chi connectivity index (χ0) is 14.6. The lowest BCUT2D eigenvalue weighted by molar-refractivity contribution is 0.266. The largest absolute Gasteiger partial charge is 0.316 e. The van der Waals surface area contributed by atoms with Crippen LogP contribution in [0.25, 0.3) is 0 Å². The molecule has 20 heavy (non-hydrogen) atoms. The average molecular weight is 281 g/mol. The lowest BCUT2D eigenvalue weighted by Crippen LogP contribution is -2.36. The number of rotatable bonds is 6. The van der Waals surface area contributed by atoms with Crippen LogP contribution in [0.1, 0.15) is 45.1 Å². The van der Waals surface area contributed by atoms with Crippen molar-refractivity contribution in [2.45, 2.75) is 46.0 Å². The minimum Gasteiger partial charge on any atom is -0.316 e. The number of nitrogens with one attached hydrogen (secondary N) is 1. The summed E-state index contributed by atoms with van der Waals surface area (Å²) in [7, 11) is 0. The topological polar surface area (TPSA) is 12.0 Å². The van der Waals surface area contributed by atoms with E-state index in [0.29, 0.717) is 12.3 Å². The van der Waals surface area contributed by atoms with Gasteiger partial charge in [0.05, 0.1) is 0 Å². The van der Waals surface area contributed by atoms with Crippen molar-refractivity contribution in [1.29, 1.82) is 0 Å². The van der Waals surface area contributed by atoms with Gasteiger partial charge < -0.3 is 5.32 Å². The number of hydrogen-bond acceptors (Lipinski definition) is 1. The zero-order valence-electron chi connectivity index (χ0n) is 12.5. The Morgan fingerprint density at radius 3 is 2.30 bits per heavy atom. The van der Waals surface area contributed by atoms with Gasteiger partial charge in [0.25, 0.3) is 0 Å². The average Bonchev–Trinajstić information content (AvgIpc) is 2.83. The van der Waals surface area contributed by atoms with Gasteiger partial charge in [-0.05, 0) is 49.3 Å².